The van der Waals surface area contributed by atoms with Gasteiger partial charge >= 0.3 is 0 Å². The first-order valence-corrected chi connectivity index (χ1v) is 8.56. The number of allylic oxidation sites excluding steroid dienone is 1. The second kappa shape index (κ2) is 6.25. The van der Waals surface area contributed by atoms with Gasteiger partial charge < -0.3 is 0 Å². The molecule has 0 fully saturated rings. The Morgan fingerprint density at radius 2 is 1.83 bits per heavy atom. The van der Waals surface area contributed by atoms with Crippen molar-refractivity contribution in [1.29, 1.82) is 0 Å². The standard InChI is InChI=1S/C20H17ClN2O/c21-16-10-8-14(9-11-16)13-15-5-3-4-12-23-19(15)22-18-7-2-1-6-17(18)20(23)24/h1-2,6-11,13H,3-5,12H2/b15-13+. The molecule has 1 aliphatic rings. The predicted octanol–water partition coefficient (Wildman–Crippen LogP) is 4.77. The van der Waals surface area contributed by atoms with E-state index in [0.29, 0.717) is 5.39 Å². The number of aromatic nitrogens is 2. The molecular formula is C20H17ClN2O. The Morgan fingerprint density at radius 1 is 1.04 bits per heavy atom. The highest BCUT2D eigenvalue weighted by Gasteiger charge is 2.17. The number of halogens is 1. The molecule has 0 saturated heterocycles. The number of benzene rings is 2. The van der Waals surface area contributed by atoms with Gasteiger partial charge in [-0.2, -0.15) is 0 Å². The number of rotatable bonds is 1. The first kappa shape index (κ1) is 15.2. The summed E-state index contributed by atoms with van der Waals surface area (Å²) in [4.78, 5) is 17.6. The fourth-order valence-electron chi connectivity index (χ4n) is 3.21. The summed E-state index contributed by atoms with van der Waals surface area (Å²) < 4.78 is 1.83. The molecule has 3 nitrogen and oxygen atoms in total. The van der Waals surface area contributed by atoms with Crippen LogP contribution in [0.5, 0.6) is 0 Å². The lowest BCUT2D eigenvalue weighted by Gasteiger charge is -2.12. The van der Waals surface area contributed by atoms with Crippen LogP contribution in [-0.2, 0) is 6.54 Å². The van der Waals surface area contributed by atoms with Crippen molar-refractivity contribution in [3.8, 4) is 0 Å². The summed E-state index contributed by atoms with van der Waals surface area (Å²) in [5.74, 6) is 0.797. The monoisotopic (exact) mass is 336 g/mol. The van der Waals surface area contributed by atoms with Gasteiger partial charge in [-0.15, -0.1) is 0 Å². The second-order valence-electron chi connectivity index (χ2n) is 6.09. The highest BCUT2D eigenvalue weighted by molar-refractivity contribution is 6.30. The molecule has 4 heteroatoms. The molecule has 1 aromatic heterocycles. The Kier molecular flexibility index (Phi) is 3.95. The summed E-state index contributed by atoms with van der Waals surface area (Å²) in [7, 11) is 0. The van der Waals surface area contributed by atoms with Crippen molar-refractivity contribution in [3.63, 3.8) is 0 Å². The van der Waals surface area contributed by atoms with Gasteiger partial charge in [-0.25, -0.2) is 4.98 Å². The fraction of sp³-hybridized carbons (Fsp3) is 0.200. The van der Waals surface area contributed by atoms with Crippen molar-refractivity contribution in [1.82, 2.24) is 9.55 Å². The molecule has 0 atom stereocenters. The smallest absolute Gasteiger partial charge is 0.261 e. The Hall–Kier alpha value is -2.39. The van der Waals surface area contributed by atoms with Crippen LogP contribution in [0.1, 0.15) is 30.7 Å². The maximum Gasteiger partial charge on any atom is 0.261 e. The number of para-hydroxylation sites is 1. The van der Waals surface area contributed by atoms with Crippen molar-refractivity contribution in [2.24, 2.45) is 0 Å². The van der Waals surface area contributed by atoms with Crippen LogP contribution >= 0.6 is 11.6 Å². The first-order valence-electron chi connectivity index (χ1n) is 8.18. The molecule has 0 radical (unpaired) electrons. The fourth-order valence-corrected chi connectivity index (χ4v) is 3.34. The first-order chi connectivity index (χ1) is 11.7. The Labute approximate surface area is 145 Å². The summed E-state index contributed by atoms with van der Waals surface area (Å²) in [5, 5.41) is 1.41. The molecule has 0 unspecified atom stereocenters. The molecule has 0 aliphatic carbocycles. The molecular weight excluding hydrogens is 320 g/mol. The van der Waals surface area contributed by atoms with Gasteiger partial charge in [-0.3, -0.25) is 9.36 Å². The van der Waals surface area contributed by atoms with Crippen LogP contribution in [0.25, 0.3) is 22.6 Å². The molecule has 0 saturated carbocycles. The zero-order chi connectivity index (χ0) is 16.5. The van der Waals surface area contributed by atoms with Crippen molar-refractivity contribution in [3.05, 3.63) is 75.3 Å². The lowest BCUT2D eigenvalue weighted by atomic mass is 10.1. The third-order valence-corrected chi connectivity index (χ3v) is 4.69. The highest BCUT2D eigenvalue weighted by Crippen LogP contribution is 2.27. The molecule has 0 N–H and O–H groups in total. The third kappa shape index (κ3) is 2.76. The summed E-state index contributed by atoms with van der Waals surface area (Å²) >= 11 is 5.97. The molecule has 24 heavy (non-hydrogen) atoms. The van der Waals surface area contributed by atoms with E-state index in [1.807, 2.05) is 53.1 Å². The van der Waals surface area contributed by atoms with Crippen molar-refractivity contribution < 1.29 is 0 Å². The van der Waals surface area contributed by atoms with Crippen LogP contribution in [0.2, 0.25) is 5.02 Å². The average Bonchev–Trinajstić information content (AvgIpc) is 2.80. The Bertz CT molecular complexity index is 987. The molecule has 2 heterocycles. The van der Waals surface area contributed by atoms with E-state index in [1.165, 1.54) is 0 Å². The molecule has 1 aliphatic heterocycles. The van der Waals surface area contributed by atoms with Crippen molar-refractivity contribution >= 4 is 34.2 Å². The maximum absolute atomic E-state index is 12.8. The van der Waals surface area contributed by atoms with E-state index in [2.05, 4.69) is 6.08 Å². The lowest BCUT2D eigenvalue weighted by molar-refractivity contribution is 0.614. The number of hydrogen-bond donors (Lipinski definition) is 0. The summed E-state index contributed by atoms with van der Waals surface area (Å²) in [5.41, 5.74) is 3.00. The second-order valence-corrected chi connectivity index (χ2v) is 6.52. The van der Waals surface area contributed by atoms with Crippen molar-refractivity contribution in [2.45, 2.75) is 25.8 Å². The van der Waals surface area contributed by atoms with Crippen LogP contribution in [0.4, 0.5) is 0 Å². The largest absolute Gasteiger partial charge is 0.292 e. The molecule has 0 spiro atoms. The molecule has 2 aromatic carbocycles. The van der Waals surface area contributed by atoms with Crippen LogP contribution < -0.4 is 5.56 Å². The minimum atomic E-state index is 0.0551. The zero-order valence-corrected chi connectivity index (χ0v) is 14.0. The van der Waals surface area contributed by atoms with Crippen LogP contribution in [0, 0.1) is 0 Å². The molecule has 120 valence electrons. The van der Waals surface area contributed by atoms with E-state index in [0.717, 1.165) is 53.3 Å². The highest BCUT2D eigenvalue weighted by atomic mass is 35.5. The van der Waals surface area contributed by atoms with Crippen LogP contribution in [0.15, 0.2) is 53.3 Å². The lowest BCUT2D eigenvalue weighted by Crippen LogP contribution is -2.24. The molecule has 4 rings (SSSR count). The van der Waals surface area contributed by atoms with E-state index in [1.54, 1.807) is 0 Å². The molecule has 3 aromatic rings. The van der Waals surface area contributed by atoms with E-state index in [4.69, 9.17) is 16.6 Å². The normalized spacial score (nSPS) is 16.1. The topological polar surface area (TPSA) is 34.9 Å². The van der Waals surface area contributed by atoms with Gasteiger partial charge in [0.1, 0.15) is 5.82 Å². The summed E-state index contributed by atoms with van der Waals surface area (Å²) in [6.45, 7) is 0.726. The van der Waals surface area contributed by atoms with Crippen LogP contribution in [0.3, 0.4) is 0 Å². The van der Waals surface area contributed by atoms with Gasteiger partial charge in [0, 0.05) is 11.6 Å². The number of nitrogens with zero attached hydrogens (tertiary/aromatic N) is 2. The maximum atomic E-state index is 12.8. The van der Waals surface area contributed by atoms with E-state index in [-0.39, 0.29) is 5.56 Å². The Balaban J connectivity index is 1.93. The number of fused-ring (bicyclic) bond motifs is 2. The van der Waals surface area contributed by atoms with E-state index >= 15 is 0 Å². The van der Waals surface area contributed by atoms with Gasteiger partial charge in [-0.1, -0.05) is 35.9 Å². The van der Waals surface area contributed by atoms with Gasteiger partial charge in [-0.05, 0) is 60.7 Å². The Morgan fingerprint density at radius 3 is 2.67 bits per heavy atom. The summed E-state index contributed by atoms with van der Waals surface area (Å²) in [6.07, 6.45) is 5.09. The van der Waals surface area contributed by atoms with E-state index in [9.17, 15) is 4.79 Å². The van der Waals surface area contributed by atoms with E-state index < -0.39 is 0 Å². The molecule has 0 amide bonds. The minimum absolute atomic E-state index is 0.0551. The predicted molar refractivity (Wildman–Crippen MR) is 99.2 cm³/mol. The van der Waals surface area contributed by atoms with Gasteiger partial charge in [0.15, 0.2) is 0 Å². The summed E-state index contributed by atoms with van der Waals surface area (Å²) in [6, 6.07) is 15.3. The number of hydrogen-bond acceptors (Lipinski definition) is 2. The van der Waals surface area contributed by atoms with Gasteiger partial charge in [0.25, 0.3) is 5.56 Å². The SMILES string of the molecule is O=c1c2ccccc2nc2n1CCCC/C2=C\c1ccc(Cl)cc1. The van der Waals surface area contributed by atoms with Gasteiger partial charge in [0.2, 0.25) is 0 Å². The minimum Gasteiger partial charge on any atom is -0.292 e. The third-order valence-electron chi connectivity index (χ3n) is 4.44. The average molecular weight is 337 g/mol. The zero-order valence-electron chi connectivity index (χ0n) is 13.2. The van der Waals surface area contributed by atoms with Crippen LogP contribution in [-0.4, -0.2) is 9.55 Å². The quantitative estimate of drug-likeness (QED) is 0.641. The van der Waals surface area contributed by atoms with Crippen molar-refractivity contribution in [2.75, 3.05) is 0 Å². The molecule has 0 bridgehead atoms. The van der Waals surface area contributed by atoms with Gasteiger partial charge in [0.05, 0.1) is 10.9 Å².